The molecule has 0 aromatic heterocycles. The minimum absolute atomic E-state index is 0.136. The highest BCUT2D eigenvalue weighted by Gasteiger charge is 2.34. The Bertz CT molecular complexity index is 1520. The Morgan fingerprint density at radius 3 is 2.18 bits per heavy atom. The van der Waals surface area contributed by atoms with Gasteiger partial charge >= 0.3 is 18.2 Å². The van der Waals surface area contributed by atoms with Crippen molar-refractivity contribution in [2.45, 2.75) is 62.4 Å². The first-order valence-corrected chi connectivity index (χ1v) is 16.3. The van der Waals surface area contributed by atoms with Gasteiger partial charge in [0.05, 0.1) is 38.7 Å². The third kappa shape index (κ3) is 11.7. The Balaban J connectivity index is 1.45. The number of Topliss-reactive ketones (excluding diaryl/α,β-unsaturated/α-hetero) is 1. The fraction of sp³-hybridized carbons (Fsp3) is 0.400. The number of ether oxygens (including phenoxy) is 3. The number of rotatable bonds is 14. The maximum atomic E-state index is 15.3. The Morgan fingerprint density at radius 1 is 1.00 bits per heavy atom. The van der Waals surface area contributed by atoms with Gasteiger partial charge in [0.15, 0.2) is 5.78 Å². The number of carbonyl (C=O) groups excluding carboxylic acids is 3. The van der Waals surface area contributed by atoms with Crippen LogP contribution in [0.2, 0.25) is 10.0 Å². The van der Waals surface area contributed by atoms with Gasteiger partial charge < -0.3 is 24.8 Å². The molecule has 0 saturated carbocycles. The number of amides is 1. The van der Waals surface area contributed by atoms with Gasteiger partial charge in [0, 0.05) is 28.9 Å². The first kappa shape index (κ1) is 38.1. The van der Waals surface area contributed by atoms with E-state index in [1.165, 1.54) is 19.2 Å². The highest BCUT2D eigenvalue weighted by molar-refractivity contribution is 6.30. The second-order valence-corrected chi connectivity index (χ2v) is 12.5. The SMILES string of the molecule is COC(=O)N[C@H](C(=O)Cc1cccc(F)c1CC[C@@H]1CN[C@H](COC(=O)CCC(F)(F)F)CO1)C(c1ccc(Cl)cc1)c1ccc(Cl)cc1. The standard InChI is InChI=1S/C35H36Cl2F4N2O6/c1-47-34(46)43-33(32(21-5-9-24(36)10-6-21)22-7-11-25(37)12-8-22)30(44)17-23-3-2-4-29(38)28(23)14-13-27-18-42-26(19-48-27)20-49-31(45)15-16-35(39,40)41/h2-12,26-27,32-33,42H,13-20H2,1H3,(H,43,46)/t26-,27+,33+/m0/s1. The molecule has 1 saturated heterocycles. The number of ketones is 1. The van der Waals surface area contributed by atoms with E-state index in [0.29, 0.717) is 45.3 Å². The fourth-order valence-electron chi connectivity index (χ4n) is 5.58. The molecule has 3 aromatic rings. The van der Waals surface area contributed by atoms with Crippen molar-refractivity contribution in [3.05, 3.63) is 105 Å². The fourth-order valence-corrected chi connectivity index (χ4v) is 5.83. The van der Waals surface area contributed by atoms with Crippen LogP contribution < -0.4 is 10.6 Å². The third-order valence-corrected chi connectivity index (χ3v) is 8.62. The van der Waals surface area contributed by atoms with E-state index in [1.807, 2.05) is 0 Å². The molecule has 0 aliphatic carbocycles. The molecule has 1 amide bonds. The van der Waals surface area contributed by atoms with Crippen LogP contribution in [0.3, 0.4) is 0 Å². The van der Waals surface area contributed by atoms with Crippen molar-refractivity contribution in [2.75, 3.05) is 26.9 Å². The second-order valence-electron chi connectivity index (χ2n) is 11.6. The molecule has 8 nitrogen and oxygen atoms in total. The van der Waals surface area contributed by atoms with E-state index < -0.39 is 60.7 Å². The number of hydrogen-bond donors (Lipinski definition) is 2. The topological polar surface area (TPSA) is 103 Å². The number of hydrogen-bond acceptors (Lipinski definition) is 7. The highest BCUT2D eigenvalue weighted by atomic mass is 35.5. The number of carbonyl (C=O) groups is 3. The maximum Gasteiger partial charge on any atom is 0.407 e. The van der Waals surface area contributed by atoms with E-state index in [-0.39, 0.29) is 32.2 Å². The van der Waals surface area contributed by atoms with Crippen molar-refractivity contribution in [2.24, 2.45) is 0 Å². The number of halogens is 6. The average Bonchev–Trinajstić information content (AvgIpc) is 3.07. The lowest BCUT2D eigenvalue weighted by molar-refractivity contribution is -0.158. The van der Waals surface area contributed by atoms with Gasteiger partial charge in [0.1, 0.15) is 18.5 Å². The normalized spacial score (nSPS) is 17.0. The molecule has 1 aliphatic heterocycles. The molecule has 0 unspecified atom stereocenters. The zero-order valence-corrected chi connectivity index (χ0v) is 28.0. The summed E-state index contributed by atoms with van der Waals surface area (Å²) in [5.41, 5.74) is 2.15. The lowest BCUT2D eigenvalue weighted by Gasteiger charge is -2.30. The Morgan fingerprint density at radius 2 is 1.63 bits per heavy atom. The second kappa shape index (κ2) is 17.8. The number of methoxy groups -OCH3 is 1. The number of alkyl halides is 3. The maximum absolute atomic E-state index is 15.3. The molecular formula is C35H36Cl2F4N2O6. The molecule has 0 bridgehead atoms. The van der Waals surface area contributed by atoms with Gasteiger partial charge in [-0.1, -0.05) is 59.6 Å². The van der Waals surface area contributed by atoms with Gasteiger partial charge in [-0.3, -0.25) is 9.59 Å². The summed E-state index contributed by atoms with van der Waals surface area (Å²) < 4.78 is 67.9. The first-order valence-electron chi connectivity index (χ1n) is 15.5. The zero-order valence-electron chi connectivity index (χ0n) is 26.5. The quantitative estimate of drug-likeness (QED) is 0.137. The van der Waals surface area contributed by atoms with E-state index in [1.54, 1.807) is 54.6 Å². The largest absolute Gasteiger partial charge is 0.464 e. The molecule has 1 heterocycles. The summed E-state index contributed by atoms with van der Waals surface area (Å²) in [7, 11) is 1.19. The number of benzene rings is 3. The smallest absolute Gasteiger partial charge is 0.407 e. The summed E-state index contributed by atoms with van der Waals surface area (Å²) in [6, 6.07) is 16.7. The predicted molar refractivity (Wildman–Crippen MR) is 175 cm³/mol. The van der Waals surface area contributed by atoms with Crippen LogP contribution in [-0.4, -0.2) is 69.1 Å². The van der Waals surface area contributed by atoms with Crippen LogP contribution >= 0.6 is 23.2 Å². The predicted octanol–water partition coefficient (Wildman–Crippen LogP) is 6.98. The summed E-state index contributed by atoms with van der Waals surface area (Å²) in [5.74, 6) is -2.51. The molecule has 1 aliphatic rings. The highest BCUT2D eigenvalue weighted by Crippen LogP contribution is 2.32. The minimum atomic E-state index is -4.44. The van der Waals surface area contributed by atoms with Crippen molar-refractivity contribution < 1.29 is 46.2 Å². The molecule has 4 rings (SSSR count). The van der Waals surface area contributed by atoms with E-state index in [0.717, 1.165) is 0 Å². The molecule has 264 valence electrons. The number of nitrogens with one attached hydrogen (secondary N) is 2. The van der Waals surface area contributed by atoms with E-state index in [4.69, 9.17) is 37.4 Å². The summed E-state index contributed by atoms with van der Waals surface area (Å²) in [4.78, 5) is 38.3. The van der Waals surface area contributed by atoms with Crippen molar-refractivity contribution in [3.63, 3.8) is 0 Å². The van der Waals surface area contributed by atoms with Gasteiger partial charge in [-0.05, 0) is 65.4 Å². The summed E-state index contributed by atoms with van der Waals surface area (Å²) in [5, 5.41) is 6.81. The minimum Gasteiger partial charge on any atom is -0.464 e. The summed E-state index contributed by atoms with van der Waals surface area (Å²) >= 11 is 12.3. The molecule has 3 atom stereocenters. The number of alkyl carbamates (subject to hydrolysis) is 1. The van der Waals surface area contributed by atoms with Crippen LogP contribution in [0.4, 0.5) is 22.4 Å². The van der Waals surface area contributed by atoms with Crippen molar-refractivity contribution in [1.29, 1.82) is 0 Å². The summed E-state index contributed by atoms with van der Waals surface area (Å²) in [6.07, 6.45) is -7.19. The van der Waals surface area contributed by atoms with Crippen molar-refractivity contribution >= 4 is 41.0 Å². The van der Waals surface area contributed by atoms with Crippen molar-refractivity contribution in [1.82, 2.24) is 10.6 Å². The number of esters is 1. The van der Waals surface area contributed by atoms with Gasteiger partial charge in [-0.15, -0.1) is 0 Å². The third-order valence-electron chi connectivity index (χ3n) is 8.12. The van der Waals surface area contributed by atoms with Crippen LogP contribution in [-0.2, 0) is 36.6 Å². The van der Waals surface area contributed by atoms with Crippen LogP contribution in [0.1, 0.15) is 47.4 Å². The molecule has 0 spiro atoms. The first-order chi connectivity index (χ1) is 23.3. The number of morpholine rings is 1. The Labute approximate surface area is 291 Å². The van der Waals surface area contributed by atoms with Gasteiger partial charge in [0.2, 0.25) is 0 Å². The molecule has 3 aromatic carbocycles. The van der Waals surface area contributed by atoms with Crippen molar-refractivity contribution in [3.8, 4) is 0 Å². The monoisotopic (exact) mass is 726 g/mol. The van der Waals surface area contributed by atoms with Gasteiger partial charge in [-0.25, -0.2) is 9.18 Å². The lowest BCUT2D eigenvalue weighted by Crippen LogP contribution is -2.49. The van der Waals surface area contributed by atoms with Crippen LogP contribution in [0.25, 0.3) is 0 Å². The van der Waals surface area contributed by atoms with Crippen LogP contribution in [0, 0.1) is 5.82 Å². The Kier molecular flexibility index (Phi) is 13.8. The molecule has 14 heteroatoms. The zero-order chi connectivity index (χ0) is 35.6. The average molecular weight is 728 g/mol. The van der Waals surface area contributed by atoms with E-state index >= 15 is 4.39 Å². The van der Waals surface area contributed by atoms with E-state index in [2.05, 4.69) is 10.6 Å². The Hall–Kier alpha value is -3.71. The molecule has 0 radical (unpaired) electrons. The van der Waals surface area contributed by atoms with Crippen LogP contribution in [0.15, 0.2) is 66.7 Å². The van der Waals surface area contributed by atoms with Gasteiger partial charge in [-0.2, -0.15) is 13.2 Å². The lowest BCUT2D eigenvalue weighted by atomic mass is 9.81. The molecule has 1 fully saturated rings. The molecule has 49 heavy (non-hydrogen) atoms. The molecular weight excluding hydrogens is 691 g/mol. The van der Waals surface area contributed by atoms with Gasteiger partial charge in [0.25, 0.3) is 0 Å². The van der Waals surface area contributed by atoms with E-state index in [9.17, 15) is 27.6 Å². The molecule has 2 N–H and O–H groups in total. The summed E-state index contributed by atoms with van der Waals surface area (Å²) in [6.45, 7) is 0.330. The van der Waals surface area contributed by atoms with Crippen LogP contribution in [0.5, 0.6) is 0 Å².